The Bertz CT molecular complexity index is 673. The lowest BCUT2D eigenvalue weighted by Gasteiger charge is -2.14. The first-order valence-corrected chi connectivity index (χ1v) is 8.22. The summed E-state index contributed by atoms with van der Waals surface area (Å²) in [6.07, 6.45) is 4.30. The molecule has 0 spiro atoms. The van der Waals surface area contributed by atoms with Gasteiger partial charge in [0.1, 0.15) is 5.01 Å². The van der Waals surface area contributed by atoms with Gasteiger partial charge < -0.3 is 5.32 Å². The van der Waals surface area contributed by atoms with Gasteiger partial charge in [-0.3, -0.25) is 9.48 Å². The Hall–Kier alpha value is -1.69. The zero-order valence-corrected chi connectivity index (χ0v) is 13.5. The van der Waals surface area contributed by atoms with Gasteiger partial charge >= 0.3 is 0 Å². The number of hydrogen-bond donors (Lipinski definition) is 1. The molecule has 2 heterocycles. The number of fused-ring (bicyclic) bond motifs is 1. The summed E-state index contributed by atoms with van der Waals surface area (Å²) in [5.74, 6) is -0.0888. The summed E-state index contributed by atoms with van der Waals surface area (Å²) in [6, 6.07) is -0.0857. The van der Waals surface area contributed by atoms with Crippen LogP contribution in [0.15, 0.2) is 5.38 Å². The Balaban J connectivity index is 1.79. The van der Waals surface area contributed by atoms with Crippen LogP contribution >= 0.6 is 11.3 Å². The molecule has 112 valence electrons. The van der Waals surface area contributed by atoms with E-state index < -0.39 is 0 Å². The molecule has 0 aliphatic heterocycles. The first-order valence-electron chi connectivity index (χ1n) is 7.34. The van der Waals surface area contributed by atoms with Crippen LogP contribution in [0, 0.1) is 6.92 Å². The minimum atomic E-state index is -0.0888. The van der Waals surface area contributed by atoms with Crippen LogP contribution in [-0.2, 0) is 19.9 Å². The SMILES string of the molecule is Cc1csc([C@@H](C)NC(=O)c2nn(C)c3c2CCCC3)n1. The van der Waals surface area contributed by atoms with Crippen molar-refractivity contribution in [1.82, 2.24) is 20.1 Å². The molecular weight excluding hydrogens is 284 g/mol. The van der Waals surface area contributed by atoms with Crippen LogP contribution in [0.5, 0.6) is 0 Å². The van der Waals surface area contributed by atoms with E-state index in [9.17, 15) is 4.79 Å². The summed E-state index contributed by atoms with van der Waals surface area (Å²) < 4.78 is 1.86. The maximum absolute atomic E-state index is 12.5. The third-order valence-corrected chi connectivity index (χ3v) is 5.08. The van der Waals surface area contributed by atoms with E-state index in [1.807, 2.05) is 31.0 Å². The van der Waals surface area contributed by atoms with Crippen molar-refractivity contribution in [2.24, 2.45) is 7.05 Å². The molecule has 21 heavy (non-hydrogen) atoms. The van der Waals surface area contributed by atoms with Crippen LogP contribution in [0.1, 0.15) is 58.3 Å². The van der Waals surface area contributed by atoms with Gasteiger partial charge in [0.05, 0.1) is 6.04 Å². The number of aromatic nitrogens is 3. The quantitative estimate of drug-likeness (QED) is 0.948. The van der Waals surface area contributed by atoms with Gasteiger partial charge in [-0.05, 0) is 39.5 Å². The Morgan fingerprint density at radius 1 is 1.43 bits per heavy atom. The number of nitrogens with one attached hydrogen (secondary N) is 1. The first-order chi connectivity index (χ1) is 10.1. The van der Waals surface area contributed by atoms with Gasteiger partial charge in [0.2, 0.25) is 0 Å². The fourth-order valence-corrected chi connectivity index (χ4v) is 3.66. The van der Waals surface area contributed by atoms with Crippen molar-refractivity contribution in [3.8, 4) is 0 Å². The van der Waals surface area contributed by atoms with E-state index in [0.29, 0.717) is 5.69 Å². The number of carbonyl (C=O) groups is 1. The predicted octanol–water partition coefficient (Wildman–Crippen LogP) is 2.55. The van der Waals surface area contributed by atoms with E-state index in [1.54, 1.807) is 11.3 Å². The molecule has 0 fully saturated rings. The lowest BCUT2D eigenvalue weighted by Crippen LogP contribution is -2.28. The standard InChI is InChI=1S/C15H20N4OS/c1-9-8-21-15(16-9)10(2)17-14(20)13-11-6-4-5-7-12(11)19(3)18-13/h8,10H,4-7H2,1-3H3,(H,17,20)/t10-/m1/s1. The average Bonchev–Trinajstić information content (AvgIpc) is 3.04. The second-order valence-electron chi connectivity index (χ2n) is 5.63. The molecule has 6 heteroatoms. The number of nitrogens with zero attached hydrogens (tertiary/aromatic N) is 3. The van der Waals surface area contributed by atoms with Crippen molar-refractivity contribution >= 4 is 17.2 Å². The third kappa shape index (κ3) is 2.72. The van der Waals surface area contributed by atoms with E-state index in [2.05, 4.69) is 15.4 Å². The fourth-order valence-electron chi connectivity index (χ4n) is 2.85. The summed E-state index contributed by atoms with van der Waals surface area (Å²) in [7, 11) is 1.93. The van der Waals surface area contributed by atoms with E-state index >= 15 is 0 Å². The zero-order chi connectivity index (χ0) is 15.0. The van der Waals surface area contributed by atoms with Gasteiger partial charge in [0.25, 0.3) is 5.91 Å². The second-order valence-corrected chi connectivity index (χ2v) is 6.52. The molecule has 0 radical (unpaired) electrons. The highest BCUT2D eigenvalue weighted by Crippen LogP contribution is 2.25. The topological polar surface area (TPSA) is 59.8 Å². The minimum absolute atomic E-state index is 0.0857. The number of amides is 1. The molecule has 1 aliphatic carbocycles. The number of carbonyl (C=O) groups excluding carboxylic acids is 1. The van der Waals surface area contributed by atoms with E-state index in [4.69, 9.17) is 0 Å². The van der Waals surface area contributed by atoms with Crippen molar-refractivity contribution in [3.63, 3.8) is 0 Å². The van der Waals surface area contributed by atoms with Gasteiger partial charge in [-0.25, -0.2) is 4.98 Å². The molecule has 0 unspecified atom stereocenters. The summed E-state index contributed by atoms with van der Waals surface area (Å²) in [6.45, 7) is 3.93. The Morgan fingerprint density at radius 3 is 2.90 bits per heavy atom. The van der Waals surface area contributed by atoms with Crippen LogP contribution < -0.4 is 5.32 Å². The van der Waals surface area contributed by atoms with Crippen molar-refractivity contribution in [2.75, 3.05) is 0 Å². The van der Waals surface area contributed by atoms with Crippen LogP contribution in [0.3, 0.4) is 0 Å². The van der Waals surface area contributed by atoms with E-state index in [1.165, 1.54) is 12.1 Å². The molecule has 0 aromatic carbocycles. The molecule has 0 saturated heterocycles. The first kappa shape index (κ1) is 14.3. The van der Waals surface area contributed by atoms with Crippen molar-refractivity contribution in [3.05, 3.63) is 33.0 Å². The molecule has 0 bridgehead atoms. The lowest BCUT2D eigenvalue weighted by atomic mass is 9.95. The smallest absolute Gasteiger partial charge is 0.272 e. The molecule has 2 aromatic rings. The largest absolute Gasteiger partial charge is 0.342 e. The summed E-state index contributed by atoms with van der Waals surface area (Å²) in [5.41, 5.74) is 3.92. The molecule has 1 amide bonds. The summed E-state index contributed by atoms with van der Waals surface area (Å²) in [5, 5.41) is 10.4. The molecule has 1 atom stereocenters. The van der Waals surface area contributed by atoms with Crippen molar-refractivity contribution < 1.29 is 4.79 Å². The summed E-state index contributed by atoms with van der Waals surface area (Å²) in [4.78, 5) is 16.9. The molecule has 3 rings (SSSR count). The zero-order valence-electron chi connectivity index (χ0n) is 12.6. The Labute approximate surface area is 128 Å². The lowest BCUT2D eigenvalue weighted by molar-refractivity contribution is 0.0933. The van der Waals surface area contributed by atoms with Gasteiger partial charge in [-0.2, -0.15) is 5.10 Å². The molecule has 0 saturated carbocycles. The predicted molar refractivity (Wildman–Crippen MR) is 82.6 cm³/mol. The molecule has 2 aromatic heterocycles. The molecule has 1 N–H and O–H groups in total. The highest BCUT2D eigenvalue weighted by Gasteiger charge is 2.25. The molecule has 1 aliphatic rings. The van der Waals surface area contributed by atoms with E-state index in [0.717, 1.165) is 35.5 Å². The van der Waals surface area contributed by atoms with Crippen LogP contribution in [0.4, 0.5) is 0 Å². The minimum Gasteiger partial charge on any atom is -0.342 e. The van der Waals surface area contributed by atoms with Gasteiger partial charge in [-0.1, -0.05) is 0 Å². The third-order valence-electron chi connectivity index (χ3n) is 3.94. The molecular formula is C15H20N4OS. The van der Waals surface area contributed by atoms with Gasteiger partial charge in [-0.15, -0.1) is 11.3 Å². The monoisotopic (exact) mass is 304 g/mol. The maximum atomic E-state index is 12.5. The second kappa shape index (κ2) is 5.60. The number of aryl methyl sites for hydroxylation is 2. The number of hydrogen-bond acceptors (Lipinski definition) is 4. The highest BCUT2D eigenvalue weighted by atomic mass is 32.1. The van der Waals surface area contributed by atoms with Gasteiger partial charge in [0, 0.05) is 29.4 Å². The Kier molecular flexibility index (Phi) is 3.80. The number of thiazole rings is 1. The number of rotatable bonds is 3. The maximum Gasteiger partial charge on any atom is 0.272 e. The Morgan fingerprint density at radius 2 is 2.19 bits per heavy atom. The molecule has 5 nitrogen and oxygen atoms in total. The van der Waals surface area contributed by atoms with Crippen LogP contribution in [0.2, 0.25) is 0 Å². The average molecular weight is 304 g/mol. The summed E-state index contributed by atoms with van der Waals surface area (Å²) >= 11 is 1.58. The van der Waals surface area contributed by atoms with Crippen LogP contribution in [0.25, 0.3) is 0 Å². The van der Waals surface area contributed by atoms with E-state index in [-0.39, 0.29) is 11.9 Å². The van der Waals surface area contributed by atoms with Gasteiger partial charge in [0.15, 0.2) is 5.69 Å². The highest BCUT2D eigenvalue weighted by molar-refractivity contribution is 7.09. The van der Waals surface area contributed by atoms with Crippen LogP contribution in [-0.4, -0.2) is 20.7 Å². The van der Waals surface area contributed by atoms with Crippen molar-refractivity contribution in [1.29, 1.82) is 0 Å². The fraction of sp³-hybridized carbons (Fsp3) is 0.533. The van der Waals surface area contributed by atoms with Crippen molar-refractivity contribution in [2.45, 2.75) is 45.6 Å². The normalized spacial score (nSPS) is 15.6.